The Morgan fingerprint density at radius 1 is 1.43 bits per heavy atom. The van der Waals surface area contributed by atoms with E-state index in [1.165, 1.54) is 11.1 Å². The monoisotopic (exact) mass is 206 g/mol. The Bertz CT molecular complexity index is 412. The van der Waals surface area contributed by atoms with Crippen LogP contribution in [-0.2, 0) is 6.42 Å². The normalized spacial score (nSPS) is 23.5. The highest BCUT2D eigenvalue weighted by molar-refractivity contribution is 6.30. The van der Waals surface area contributed by atoms with E-state index in [1.54, 1.807) is 0 Å². The third-order valence-electron chi connectivity index (χ3n) is 2.94. The summed E-state index contributed by atoms with van der Waals surface area (Å²) < 4.78 is 0. The van der Waals surface area contributed by atoms with Crippen LogP contribution < -0.4 is 5.32 Å². The molecule has 1 N–H and O–H groups in total. The summed E-state index contributed by atoms with van der Waals surface area (Å²) in [5.74, 6) is 1.63. The summed E-state index contributed by atoms with van der Waals surface area (Å²) >= 11 is 5.96. The van der Waals surface area contributed by atoms with Gasteiger partial charge in [0.1, 0.15) is 5.84 Å². The molecule has 1 aliphatic heterocycles. The van der Waals surface area contributed by atoms with Gasteiger partial charge in [0.2, 0.25) is 0 Å². The number of amidine groups is 1. The molecule has 2 aliphatic rings. The molecule has 14 heavy (non-hydrogen) atoms. The van der Waals surface area contributed by atoms with Crippen LogP contribution in [0.4, 0.5) is 0 Å². The van der Waals surface area contributed by atoms with Crippen LogP contribution in [0.2, 0.25) is 5.02 Å². The van der Waals surface area contributed by atoms with Crippen molar-refractivity contribution in [2.75, 3.05) is 13.1 Å². The lowest BCUT2D eigenvalue weighted by molar-refractivity contribution is 0.748. The summed E-state index contributed by atoms with van der Waals surface area (Å²) in [5.41, 5.74) is 2.77. The van der Waals surface area contributed by atoms with Gasteiger partial charge in [0.05, 0.1) is 6.54 Å². The third-order valence-corrected chi connectivity index (χ3v) is 3.17. The second-order valence-corrected chi connectivity index (χ2v) is 4.23. The van der Waals surface area contributed by atoms with Crippen molar-refractivity contribution in [1.29, 1.82) is 0 Å². The molecule has 3 rings (SSSR count). The molecule has 2 nitrogen and oxygen atoms in total. The van der Waals surface area contributed by atoms with Crippen LogP contribution in [0.1, 0.15) is 17.0 Å². The minimum absolute atomic E-state index is 0.478. The Morgan fingerprint density at radius 2 is 2.36 bits per heavy atom. The summed E-state index contributed by atoms with van der Waals surface area (Å²) in [6.07, 6.45) is 1.11. The van der Waals surface area contributed by atoms with E-state index in [1.807, 2.05) is 6.07 Å². The number of aliphatic imine (C=N–C) groups is 1. The number of rotatable bonds is 1. The zero-order valence-corrected chi connectivity index (χ0v) is 8.51. The lowest BCUT2D eigenvalue weighted by Crippen LogP contribution is -2.32. The SMILES string of the molecule is Clc1ccc2c(c1)C(C1=NCCN1)C2. The zero-order chi connectivity index (χ0) is 9.54. The van der Waals surface area contributed by atoms with Crippen molar-refractivity contribution in [3.8, 4) is 0 Å². The van der Waals surface area contributed by atoms with E-state index in [0.717, 1.165) is 30.4 Å². The number of halogens is 1. The Kier molecular flexibility index (Phi) is 1.77. The fourth-order valence-electron chi connectivity index (χ4n) is 2.17. The number of hydrogen-bond acceptors (Lipinski definition) is 2. The molecule has 0 amide bonds. The van der Waals surface area contributed by atoms with Crippen molar-refractivity contribution in [2.45, 2.75) is 12.3 Å². The van der Waals surface area contributed by atoms with E-state index in [9.17, 15) is 0 Å². The lowest BCUT2D eigenvalue weighted by Gasteiger charge is -2.30. The Labute approximate surface area is 88.0 Å². The zero-order valence-electron chi connectivity index (χ0n) is 7.76. The average Bonchev–Trinajstić information content (AvgIpc) is 2.64. The average molecular weight is 207 g/mol. The molecule has 1 aromatic rings. The maximum absolute atomic E-state index is 5.96. The first-order chi connectivity index (χ1) is 6.84. The third kappa shape index (κ3) is 1.14. The van der Waals surface area contributed by atoms with Gasteiger partial charge in [-0.25, -0.2) is 0 Å². The van der Waals surface area contributed by atoms with Gasteiger partial charge in [0.25, 0.3) is 0 Å². The maximum Gasteiger partial charge on any atom is 0.104 e. The van der Waals surface area contributed by atoms with Gasteiger partial charge in [-0.2, -0.15) is 0 Å². The van der Waals surface area contributed by atoms with Crippen LogP contribution >= 0.6 is 11.6 Å². The number of hydrogen-bond donors (Lipinski definition) is 1. The molecular weight excluding hydrogens is 196 g/mol. The molecule has 0 fully saturated rings. The lowest BCUT2D eigenvalue weighted by atomic mass is 9.77. The number of fused-ring (bicyclic) bond motifs is 1. The van der Waals surface area contributed by atoms with E-state index in [-0.39, 0.29) is 0 Å². The number of nitrogens with one attached hydrogen (secondary N) is 1. The minimum Gasteiger partial charge on any atom is -0.371 e. The largest absolute Gasteiger partial charge is 0.371 e. The van der Waals surface area contributed by atoms with Crippen molar-refractivity contribution in [3.63, 3.8) is 0 Å². The van der Waals surface area contributed by atoms with Crippen molar-refractivity contribution >= 4 is 17.4 Å². The van der Waals surface area contributed by atoms with E-state index >= 15 is 0 Å². The molecule has 1 unspecified atom stereocenters. The molecule has 1 atom stereocenters. The molecule has 1 aromatic carbocycles. The standard InChI is InChI=1S/C11H11ClN2/c12-8-2-1-7-5-10(9(7)6-8)11-13-3-4-14-11/h1-2,6,10H,3-5H2,(H,13,14). The van der Waals surface area contributed by atoms with Gasteiger partial charge in [0.15, 0.2) is 0 Å². The molecule has 3 heteroatoms. The van der Waals surface area contributed by atoms with Gasteiger partial charge < -0.3 is 5.32 Å². The summed E-state index contributed by atoms with van der Waals surface area (Å²) in [6.45, 7) is 1.91. The maximum atomic E-state index is 5.96. The highest BCUT2D eigenvalue weighted by Crippen LogP contribution is 2.37. The van der Waals surface area contributed by atoms with E-state index < -0.39 is 0 Å². The van der Waals surface area contributed by atoms with E-state index in [0.29, 0.717) is 5.92 Å². The highest BCUT2D eigenvalue weighted by Gasteiger charge is 2.31. The molecule has 1 aliphatic carbocycles. The predicted molar refractivity (Wildman–Crippen MR) is 58.2 cm³/mol. The summed E-state index contributed by atoms with van der Waals surface area (Å²) in [5, 5.41) is 4.15. The van der Waals surface area contributed by atoms with Crippen molar-refractivity contribution in [2.24, 2.45) is 4.99 Å². The Hall–Kier alpha value is -1.02. The predicted octanol–water partition coefficient (Wildman–Crippen LogP) is 1.98. The quantitative estimate of drug-likeness (QED) is 0.747. The van der Waals surface area contributed by atoms with Gasteiger partial charge in [-0.1, -0.05) is 17.7 Å². The summed E-state index contributed by atoms with van der Waals surface area (Å²) in [6, 6.07) is 6.14. The molecule has 1 heterocycles. The van der Waals surface area contributed by atoms with Gasteiger partial charge in [0, 0.05) is 17.5 Å². The fourth-order valence-corrected chi connectivity index (χ4v) is 2.35. The second-order valence-electron chi connectivity index (χ2n) is 3.79. The Balaban J connectivity index is 1.94. The topological polar surface area (TPSA) is 24.4 Å². The fraction of sp³-hybridized carbons (Fsp3) is 0.364. The van der Waals surface area contributed by atoms with Crippen LogP contribution in [0.15, 0.2) is 23.2 Å². The van der Waals surface area contributed by atoms with Crippen LogP contribution in [0.25, 0.3) is 0 Å². The summed E-state index contributed by atoms with van der Waals surface area (Å²) in [4.78, 5) is 4.45. The molecular formula is C11H11ClN2. The van der Waals surface area contributed by atoms with Gasteiger partial charge in [-0.3, -0.25) is 4.99 Å². The van der Waals surface area contributed by atoms with E-state index in [4.69, 9.17) is 11.6 Å². The molecule has 0 saturated heterocycles. The first-order valence-electron chi connectivity index (χ1n) is 4.91. The number of benzene rings is 1. The van der Waals surface area contributed by atoms with Crippen LogP contribution in [-0.4, -0.2) is 18.9 Å². The molecule has 72 valence electrons. The highest BCUT2D eigenvalue weighted by atomic mass is 35.5. The first-order valence-corrected chi connectivity index (χ1v) is 5.29. The molecule has 0 saturated carbocycles. The van der Waals surface area contributed by atoms with Crippen molar-refractivity contribution in [1.82, 2.24) is 5.32 Å². The smallest absolute Gasteiger partial charge is 0.104 e. The van der Waals surface area contributed by atoms with Crippen molar-refractivity contribution in [3.05, 3.63) is 34.3 Å². The minimum atomic E-state index is 0.478. The van der Waals surface area contributed by atoms with Gasteiger partial charge in [-0.15, -0.1) is 0 Å². The molecule has 0 spiro atoms. The van der Waals surface area contributed by atoms with Gasteiger partial charge >= 0.3 is 0 Å². The molecule has 0 aromatic heterocycles. The van der Waals surface area contributed by atoms with E-state index in [2.05, 4.69) is 22.4 Å². The summed E-state index contributed by atoms with van der Waals surface area (Å²) in [7, 11) is 0. The van der Waals surface area contributed by atoms with Crippen LogP contribution in [0.5, 0.6) is 0 Å². The number of nitrogens with zero attached hydrogens (tertiary/aromatic N) is 1. The van der Waals surface area contributed by atoms with Gasteiger partial charge in [-0.05, 0) is 29.7 Å². The van der Waals surface area contributed by atoms with Crippen LogP contribution in [0, 0.1) is 0 Å². The van der Waals surface area contributed by atoms with Crippen molar-refractivity contribution < 1.29 is 0 Å². The Morgan fingerprint density at radius 3 is 3.14 bits per heavy atom. The molecule has 0 bridgehead atoms. The molecule has 0 radical (unpaired) electrons. The first kappa shape index (κ1) is 8.30. The van der Waals surface area contributed by atoms with Crippen LogP contribution in [0.3, 0.4) is 0 Å². The second kappa shape index (κ2) is 2.99.